The number of hydrogen-bond acceptors (Lipinski definition) is 3. The van der Waals surface area contributed by atoms with E-state index in [-0.39, 0.29) is 0 Å². The fourth-order valence-corrected chi connectivity index (χ4v) is 2.73. The fourth-order valence-electron chi connectivity index (χ4n) is 2.57. The van der Waals surface area contributed by atoms with Crippen LogP contribution in [0.15, 0.2) is 30.3 Å². The van der Waals surface area contributed by atoms with Gasteiger partial charge < -0.3 is 10.1 Å². The van der Waals surface area contributed by atoms with Crippen LogP contribution in [0.3, 0.4) is 0 Å². The molecule has 1 aromatic heterocycles. The molecule has 2 heterocycles. The molecule has 1 atom stereocenters. The van der Waals surface area contributed by atoms with Gasteiger partial charge in [0.1, 0.15) is 5.15 Å². The Morgan fingerprint density at radius 2 is 2.30 bits per heavy atom. The van der Waals surface area contributed by atoms with Crippen LogP contribution >= 0.6 is 11.6 Å². The summed E-state index contributed by atoms with van der Waals surface area (Å²) in [6.45, 7) is 2.34. The SMILES string of the molecule is Cn1nc(CNc2ccccc2C2CCOC2)cc1Cl. The number of anilines is 1. The third kappa shape index (κ3) is 2.81. The Kier molecular flexibility index (Phi) is 3.94. The van der Waals surface area contributed by atoms with Gasteiger partial charge in [0, 0.05) is 31.3 Å². The van der Waals surface area contributed by atoms with Gasteiger partial charge in [-0.05, 0) is 18.1 Å². The van der Waals surface area contributed by atoms with E-state index in [1.807, 2.05) is 19.2 Å². The van der Waals surface area contributed by atoms with Crippen LogP contribution in [0.4, 0.5) is 5.69 Å². The summed E-state index contributed by atoms with van der Waals surface area (Å²) in [4.78, 5) is 0. The van der Waals surface area contributed by atoms with Crippen LogP contribution in [-0.4, -0.2) is 23.0 Å². The molecule has 0 bridgehead atoms. The number of halogens is 1. The largest absolute Gasteiger partial charge is 0.381 e. The van der Waals surface area contributed by atoms with Gasteiger partial charge in [0.2, 0.25) is 0 Å². The predicted octanol–water partition coefficient (Wildman–Crippen LogP) is 3.19. The predicted molar refractivity (Wildman–Crippen MR) is 80.2 cm³/mol. The van der Waals surface area contributed by atoms with Crippen molar-refractivity contribution in [3.05, 3.63) is 46.7 Å². The van der Waals surface area contributed by atoms with Gasteiger partial charge in [-0.3, -0.25) is 4.68 Å². The second kappa shape index (κ2) is 5.85. The maximum absolute atomic E-state index is 6.00. The van der Waals surface area contributed by atoms with Crippen molar-refractivity contribution in [3.8, 4) is 0 Å². The van der Waals surface area contributed by atoms with Crippen molar-refractivity contribution in [2.45, 2.75) is 18.9 Å². The van der Waals surface area contributed by atoms with E-state index in [0.717, 1.165) is 31.0 Å². The Morgan fingerprint density at radius 3 is 3.00 bits per heavy atom. The maximum Gasteiger partial charge on any atom is 0.127 e. The highest BCUT2D eigenvalue weighted by Crippen LogP contribution is 2.31. The third-order valence-electron chi connectivity index (χ3n) is 3.66. The smallest absolute Gasteiger partial charge is 0.127 e. The van der Waals surface area contributed by atoms with E-state index < -0.39 is 0 Å². The average molecular weight is 292 g/mol. The molecule has 1 unspecified atom stereocenters. The number of ether oxygens (including phenoxy) is 1. The summed E-state index contributed by atoms with van der Waals surface area (Å²) in [5.41, 5.74) is 3.42. The third-order valence-corrected chi connectivity index (χ3v) is 4.02. The molecule has 1 aliphatic heterocycles. The lowest BCUT2D eigenvalue weighted by Gasteiger charge is -2.15. The zero-order valence-corrected chi connectivity index (χ0v) is 12.2. The molecular weight excluding hydrogens is 274 g/mol. The standard InChI is InChI=1S/C15H18ClN3O/c1-19-15(16)8-12(18-19)9-17-14-5-3-2-4-13(14)11-6-7-20-10-11/h2-5,8,11,17H,6-7,9-10H2,1H3. The van der Waals surface area contributed by atoms with E-state index >= 15 is 0 Å². The summed E-state index contributed by atoms with van der Waals surface area (Å²) in [5, 5.41) is 8.46. The Labute approximate surface area is 123 Å². The molecule has 4 nitrogen and oxygen atoms in total. The number of aromatic nitrogens is 2. The summed E-state index contributed by atoms with van der Waals surface area (Å²) in [5.74, 6) is 0.492. The van der Waals surface area contributed by atoms with Gasteiger partial charge in [-0.25, -0.2) is 0 Å². The second-order valence-electron chi connectivity index (χ2n) is 5.08. The number of benzene rings is 1. The zero-order valence-electron chi connectivity index (χ0n) is 11.5. The first-order chi connectivity index (χ1) is 9.74. The minimum atomic E-state index is 0.492. The molecule has 0 saturated carbocycles. The van der Waals surface area contributed by atoms with E-state index in [4.69, 9.17) is 16.3 Å². The Hall–Kier alpha value is -1.52. The lowest BCUT2D eigenvalue weighted by Crippen LogP contribution is -2.06. The molecule has 20 heavy (non-hydrogen) atoms. The molecule has 106 valence electrons. The molecular formula is C15H18ClN3O. The van der Waals surface area contributed by atoms with Gasteiger partial charge in [0.25, 0.3) is 0 Å². The molecule has 1 aliphatic rings. The van der Waals surface area contributed by atoms with E-state index in [9.17, 15) is 0 Å². The molecule has 2 aromatic rings. The highest BCUT2D eigenvalue weighted by atomic mass is 35.5. The Morgan fingerprint density at radius 1 is 1.45 bits per heavy atom. The van der Waals surface area contributed by atoms with Crippen LogP contribution in [0.2, 0.25) is 5.15 Å². The van der Waals surface area contributed by atoms with Crippen LogP contribution in [0.25, 0.3) is 0 Å². The van der Waals surface area contributed by atoms with E-state index in [1.165, 1.54) is 5.56 Å². The number of nitrogens with one attached hydrogen (secondary N) is 1. The van der Waals surface area contributed by atoms with Crippen LogP contribution in [-0.2, 0) is 18.3 Å². The number of para-hydroxylation sites is 1. The van der Waals surface area contributed by atoms with Crippen LogP contribution in [0, 0.1) is 0 Å². The van der Waals surface area contributed by atoms with Crippen molar-refractivity contribution in [1.29, 1.82) is 0 Å². The van der Waals surface area contributed by atoms with Gasteiger partial charge >= 0.3 is 0 Å². The number of rotatable bonds is 4. The molecule has 0 amide bonds. The van der Waals surface area contributed by atoms with E-state index in [2.05, 4.69) is 28.6 Å². The van der Waals surface area contributed by atoms with Gasteiger partial charge in [-0.1, -0.05) is 29.8 Å². The topological polar surface area (TPSA) is 39.1 Å². The summed E-state index contributed by atoms with van der Waals surface area (Å²) in [6.07, 6.45) is 1.09. The zero-order chi connectivity index (χ0) is 13.9. The summed E-state index contributed by atoms with van der Waals surface area (Å²) < 4.78 is 7.16. The quantitative estimate of drug-likeness (QED) is 0.940. The average Bonchev–Trinajstić information content (AvgIpc) is 3.08. The van der Waals surface area contributed by atoms with Crippen molar-refractivity contribution in [3.63, 3.8) is 0 Å². The highest BCUT2D eigenvalue weighted by molar-refractivity contribution is 6.29. The molecule has 3 rings (SSSR count). The van der Waals surface area contributed by atoms with Crippen LogP contribution in [0.5, 0.6) is 0 Å². The van der Waals surface area contributed by atoms with Gasteiger partial charge in [-0.2, -0.15) is 5.10 Å². The van der Waals surface area contributed by atoms with Crippen molar-refractivity contribution in [2.75, 3.05) is 18.5 Å². The molecule has 1 saturated heterocycles. The minimum Gasteiger partial charge on any atom is -0.381 e. The van der Waals surface area contributed by atoms with E-state index in [0.29, 0.717) is 17.6 Å². The van der Waals surface area contributed by atoms with E-state index in [1.54, 1.807) is 4.68 Å². The molecule has 0 radical (unpaired) electrons. The molecule has 5 heteroatoms. The first kappa shape index (κ1) is 13.5. The van der Waals surface area contributed by atoms with Gasteiger partial charge in [0.15, 0.2) is 0 Å². The summed E-state index contributed by atoms with van der Waals surface area (Å²) in [6, 6.07) is 10.3. The van der Waals surface area contributed by atoms with Crippen molar-refractivity contribution < 1.29 is 4.74 Å². The Bertz CT molecular complexity index is 571. The lowest BCUT2D eigenvalue weighted by molar-refractivity contribution is 0.194. The second-order valence-corrected chi connectivity index (χ2v) is 5.47. The summed E-state index contributed by atoms with van der Waals surface area (Å²) >= 11 is 6.00. The number of nitrogens with zero attached hydrogens (tertiary/aromatic N) is 2. The highest BCUT2D eigenvalue weighted by Gasteiger charge is 2.20. The lowest BCUT2D eigenvalue weighted by atomic mass is 9.97. The first-order valence-corrected chi connectivity index (χ1v) is 7.21. The molecule has 0 aliphatic carbocycles. The fraction of sp³-hybridized carbons (Fsp3) is 0.400. The van der Waals surface area contributed by atoms with Crippen LogP contribution in [0.1, 0.15) is 23.6 Å². The van der Waals surface area contributed by atoms with Crippen molar-refractivity contribution in [1.82, 2.24) is 9.78 Å². The number of aryl methyl sites for hydroxylation is 1. The molecule has 1 aromatic carbocycles. The van der Waals surface area contributed by atoms with Gasteiger partial charge in [-0.15, -0.1) is 0 Å². The molecule has 1 N–H and O–H groups in total. The number of hydrogen-bond donors (Lipinski definition) is 1. The van der Waals surface area contributed by atoms with Gasteiger partial charge in [0.05, 0.1) is 18.8 Å². The minimum absolute atomic E-state index is 0.492. The maximum atomic E-state index is 6.00. The normalized spacial score (nSPS) is 18.4. The van der Waals surface area contributed by atoms with Crippen molar-refractivity contribution >= 4 is 17.3 Å². The Balaban J connectivity index is 1.73. The van der Waals surface area contributed by atoms with Crippen LogP contribution < -0.4 is 5.32 Å². The monoisotopic (exact) mass is 291 g/mol. The first-order valence-electron chi connectivity index (χ1n) is 6.83. The summed E-state index contributed by atoms with van der Waals surface area (Å²) in [7, 11) is 1.84. The van der Waals surface area contributed by atoms with Crippen molar-refractivity contribution in [2.24, 2.45) is 7.05 Å². The molecule has 1 fully saturated rings. The molecule has 0 spiro atoms.